The first-order valence-electron chi connectivity index (χ1n) is 3.54. The Morgan fingerprint density at radius 1 is 1.50 bits per heavy atom. The zero-order valence-electron chi connectivity index (χ0n) is 6.32. The van der Waals surface area contributed by atoms with E-state index in [0.717, 1.165) is 10.6 Å². The first-order valence-corrected chi connectivity index (χ1v) is 4.53. The molecule has 0 atom stereocenters. The number of hydrogen-bond acceptors (Lipinski definition) is 4. The van der Waals surface area contributed by atoms with Crippen molar-refractivity contribution < 1.29 is 5.11 Å². The van der Waals surface area contributed by atoms with Crippen LogP contribution in [0.15, 0.2) is 28.1 Å². The van der Waals surface area contributed by atoms with Gasteiger partial charge in [-0.05, 0) is 18.2 Å². The lowest BCUT2D eigenvalue weighted by Gasteiger charge is -2.11. The number of phenolic OH excluding ortho intramolecular Hbond substituents is 1. The van der Waals surface area contributed by atoms with E-state index in [1.165, 1.54) is 0 Å². The summed E-state index contributed by atoms with van der Waals surface area (Å²) in [6, 6.07) is 5.08. The molecule has 0 radical (unpaired) electrons. The SMILES string of the molecule is NC1=Nc2ccc(O)cc2SC1. The van der Waals surface area contributed by atoms with Gasteiger partial charge in [0, 0.05) is 4.90 Å². The van der Waals surface area contributed by atoms with Crippen molar-refractivity contribution in [2.45, 2.75) is 4.90 Å². The van der Waals surface area contributed by atoms with Gasteiger partial charge >= 0.3 is 0 Å². The Hall–Kier alpha value is -1.16. The molecule has 2 rings (SSSR count). The molecule has 12 heavy (non-hydrogen) atoms. The molecule has 1 aliphatic heterocycles. The van der Waals surface area contributed by atoms with Gasteiger partial charge < -0.3 is 10.8 Å². The molecule has 0 aliphatic carbocycles. The Morgan fingerprint density at radius 2 is 2.33 bits per heavy atom. The molecule has 0 aromatic heterocycles. The van der Waals surface area contributed by atoms with Gasteiger partial charge in [0.1, 0.15) is 11.6 Å². The largest absolute Gasteiger partial charge is 0.508 e. The van der Waals surface area contributed by atoms with Crippen LogP contribution in [0.3, 0.4) is 0 Å². The third-order valence-corrected chi connectivity index (χ3v) is 2.66. The highest BCUT2D eigenvalue weighted by Crippen LogP contribution is 2.35. The lowest BCUT2D eigenvalue weighted by atomic mass is 10.3. The number of aliphatic imine (C=N–C) groups is 1. The number of amidine groups is 1. The Kier molecular flexibility index (Phi) is 1.69. The molecule has 0 spiro atoms. The molecule has 62 valence electrons. The van der Waals surface area contributed by atoms with E-state index in [1.807, 2.05) is 0 Å². The van der Waals surface area contributed by atoms with Crippen molar-refractivity contribution in [1.29, 1.82) is 0 Å². The summed E-state index contributed by atoms with van der Waals surface area (Å²) in [5, 5.41) is 9.16. The minimum Gasteiger partial charge on any atom is -0.508 e. The summed E-state index contributed by atoms with van der Waals surface area (Å²) in [6.07, 6.45) is 0. The Bertz CT molecular complexity index is 349. The third-order valence-electron chi connectivity index (χ3n) is 1.58. The van der Waals surface area contributed by atoms with Crippen LogP contribution in [0.1, 0.15) is 0 Å². The van der Waals surface area contributed by atoms with E-state index in [2.05, 4.69) is 4.99 Å². The second kappa shape index (κ2) is 2.71. The fraction of sp³-hybridized carbons (Fsp3) is 0.125. The van der Waals surface area contributed by atoms with Crippen LogP contribution < -0.4 is 5.73 Å². The van der Waals surface area contributed by atoms with Gasteiger partial charge in [0.2, 0.25) is 0 Å². The van der Waals surface area contributed by atoms with E-state index in [0.29, 0.717) is 11.6 Å². The maximum Gasteiger partial charge on any atom is 0.116 e. The van der Waals surface area contributed by atoms with Crippen molar-refractivity contribution in [3.05, 3.63) is 18.2 Å². The summed E-state index contributed by atoms with van der Waals surface area (Å²) in [7, 11) is 0. The molecule has 0 saturated carbocycles. The fourth-order valence-electron chi connectivity index (χ4n) is 1.05. The number of hydrogen-bond donors (Lipinski definition) is 2. The molecular weight excluding hydrogens is 172 g/mol. The summed E-state index contributed by atoms with van der Waals surface area (Å²) >= 11 is 1.60. The van der Waals surface area contributed by atoms with Crippen LogP contribution in [0, 0.1) is 0 Å². The smallest absolute Gasteiger partial charge is 0.116 e. The summed E-state index contributed by atoms with van der Waals surface area (Å²) < 4.78 is 0. The summed E-state index contributed by atoms with van der Waals surface area (Å²) in [6.45, 7) is 0. The van der Waals surface area contributed by atoms with Crippen molar-refractivity contribution in [2.24, 2.45) is 10.7 Å². The minimum atomic E-state index is 0.275. The molecule has 4 heteroatoms. The molecule has 3 N–H and O–H groups in total. The predicted molar refractivity (Wildman–Crippen MR) is 50.1 cm³/mol. The second-order valence-corrected chi connectivity index (χ2v) is 3.56. The normalized spacial score (nSPS) is 15.2. The number of aromatic hydroxyl groups is 1. The Labute approximate surface area is 74.3 Å². The molecule has 3 nitrogen and oxygen atoms in total. The van der Waals surface area contributed by atoms with E-state index in [-0.39, 0.29) is 5.75 Å². The van der Waals surface area contributed by atoms with Crippen LogP contribution in [0.4, 0.5) is 5.69 Å². The molecule has 1 heterocycles. The van der Waals surface area contributed by atoms with E-state index >= 15 is 0 Å². The van der Waals surface area contributed by atoms with Crippen LogP contribution in [0.2, 0.25) is 0 Å². The van der Waals surface area contributed by atoms with Gasteiger partial charge in [-0.2, -0.15) is 0 Å². The molecule has 1 aliphatic rings. The summed E-state index contributed by atoms with van der Waals surface area (Å²) in [5.41, 5.74) is 6.40. The van der Waals surface area contributed by atoms with Crippen molar-refractivity contribution in [3.8, 4) is 5.75 Å². The van der Waals surface area contributed by atoms with Crippen LogP contribution in [-0.4, -0.2) is 16.7 Å². The third kappa shape index (κ3) is 1.25. The maximum atomic E-state index is 9.16. The quantitative estimate of drug-likeness (QED) is 0.636. The average molecular weight is 180 g/mol. The molecule has 0 unspecified atom stereocenters. The molecule has 1 aromatic rings. The summed E-state index contributed by atoms with van der Waals surface area (Å²) in [4.78, 5) is 5.14. The van der Waals surface area contributed by atoms with Crippen molar-refractivity contribution >= 4 is 23.3 Å². The van der Waals surface area contributed by atoms with Crippen LogP contribution in [-0.2, 0) is 0 Å². The van der Waals surface area contributed by atoms with Gasteiger partial charge in [-0.1, -0.05) is 0 Å². The standard InChI is InChI=1S/C8H8N2OS/c9-8-4-12-7-3-5(11)1-2-6(7)10-8/h1-3,11H,4H2,(H2,9,10). The zero-order chi connectivity index (χ0) is 8.55. The van der Waals surface area contributed by atoms with Gasteiger partial charge in [-0.3, -0.25) is 0 Å². The first-order chi connectivity index (χ1) is 5.75. The van der Waals surface area contributed by atoms with Crippen LogP contribution in [0.5, 0.6) is 5.75 Å². The first kappa shape index (κ1) is 7.49. The van der Waals surface area contributed by atoms with Crippen molar-refractivity contribution in [1.82, 2.24) is 0 Å². The molecule has 0 amide bonds. The molecule has 0 bridgehead atoms. The lowest BCUT2D eigenvalue weighted by molar-refractivity contribution is 0.474. The Balaban J connectivity index is 2.51. The highest BCUT2D eigenvalue weighted by atomic mass is 32.2. The van der Waals surface area contributed by atoms with Crippen molar-refractivity contribution in [2.75, 3.05) is 5.75 Å². The summed E-state index contributed by atoms with van der Waals surface area (Å²) in [5.74, 6) is 1.62. The lowest BCUT2D eigenvalue weighted by Crippen LogP contribution is -2.16. The number of fused-ring (bicyclic) bond motifs is 1. The predicted octanol–water partition coefficient (Wildman–Crippen LogP) is 1.49. The van der Waals surface area contributed by atoms with Crippen molar-refractivity contribution in [3.63, 3.8) is 0 Å². The number of rotatable bonds is 0. The number of phenols is 1. The van der Waals surface area contributed by atoms with Crippen LogP contribution in [0.25, 0.3) is 0 Å². The van der Waals surface area contributed by atoms with Gasteiger partial charge in [-0.25, -0.2) is 4.99 Å². The monoisotopic (exact) mass is 180 g/mol. The second-order valence-electron chi connectivity index (χ2n) is 2.54. The van der Waals surface area contributed by atoms with E-state index in [4.69, 9.17) is 10.8 Å². The molecule has 0 fully saturated rings. The van der Waals surface area contributed by atoms with Gasteiger partial charge in [0.15, 0.2) is 0 Å². The molecular formula is C8H8N2OS. The highest BCUT2D eigenvalue weighted by Gasteiger charge is 2.10. The molecule has 1 aromatic carbocycles. The van der Waals surface area contributed by atoms with E-state index < -0.39 is 0 Å². The fourth-order valence-corrected chi connectivity index (χ4v) is 1.88. The minimum absolute atomic E-state index is 0.275. The zero-order valence-corrected chi connectivity index (χ0v) is 7.14. The van der Waals surface area contributed by atoms with E-state index in [1.54, 1.807) is 30.0 Å². The topological polar surface area (TPSA) is 58.6 Å². The molecule has 0 saturated heterocycles. The number of nitrogens with zero attached hydrogens (tertiary/aromatic N) is 1. The van der Waals surface area contributed by atoms with Gasteiger partial charge in [-0.15, -0.1) is 11.8 Å². The maximum absolute atomic E-state index is 9.16. The number of benzene rings is 1. The average Bonchev–Trinajstić information content (AvgIpc) is 2.05. The highest BCUT2D eigenvalue weighted by molar-refractivity contribution is 8.00. The Morgan fingerprint density at radius 3 is 3.17 bits per heavy atom. The number of nitrogens with two attached hydrogens (primary N) is 1. The van der Waals surface area contributed by atoms with E-state index in [9.17, 15) is 0 Å². The number of thioether (sulfide) groups is 1. The van der Waals surface area contributed by atoms with Crippen LogP contribution >= 0.6 is 11.8 Å². The van der Waals surface area contributed by atoms with Gasteiger partial charge in [0.25, 0.3) is 0 Å². The van der Waals surface area contributed by atoms with Gasteiger partial charge in [0.05, 0.1) is 11.4 Å².